The van der Waals surface area contributed by atoms with E-state index >= 15 is 0 Å². The average molecular weight is 674 g/mol. The lowest BCUT2D eigenvalue weighted by molar-refractivity contribution is -0.119. The molecular weight excluding hydrogens is 632 g/mol. The van der Waals surface area contributed by atoms with Crippen LogP contribution < -0.4 is 5.32 Å². The lowest BCUT2D eigenvalue weighted by atomic mass is 9.84. The molecule has 2 fully saturated rings. The summed E-state index contributed by atoms with van der Waals surface area (Å²) in [6, 6.07) is 8.31. The molecule has 0 spiro atoms. The second-order valence-electron chi connectivity index (χ2n) is 9.81. The Bertz CT molecular complexity index is 980. The van der Waals surface area contributed by atoms with E-state index in [1.54, 1.807) is 14.2 Å². The number of rotatable bonds is 7. The van der Waals surface area contributed by atoms with Crippen molar-refractivity contribution in [2.75, 3.05) is 53.6 Å². The summed E-state index contributed by atoms with van der Waals surface area (Å²) in [5.41, 5.74) is 1.93. The number of hydrogen-bond donors (Lipinski definition) is 3. The van der Waals surface area contributed by atoms with Crippen LogP contribution in [0.1, 0.15) is 50.7 Å². The zero-order chi connectivity index (χ0) is 28.9. The molecule has 2 aliphatic rings. The molecule has 2 aromatic rings. The molecule has 0 aromatic carbocycles. The van der Waals surface area contributed by atoms with E-state index < -0.39 is 0 Å². The van der Waals surface area contributed by atoms with Crippen molar-refractivity contribution < 1.29 is 24.5 Å². The van der Waals surface area contributed by atoms with Gasteiger partial charge in [0.15, 0.2) is 5.78 Å². The Hall–Kier alpha value is -1.31. The maximum atomic E-state index is 9.56. The quantitative estimate of drug-likeness (QED) is 0.378. The standard InChI is InChI=1S/C14H21BrN2O2.C11H15BrN2O.C3H6O2/c1-11(10-18)17-7-5-14(19-2,6-8-17)12-3-4-13(15)16-9-12;1-15-11(4-6-13-7-5-11)9-2-3-10(12)14-8-9;1-3(5)2-4/h3-4,9,11,18H,5-8,10H2,1-2H3;2-3,8,13H,4-7H2,1H3;4H,2H2,1H3. The van der Waals surface area contributed by atoms with Gasteiger partial charge in [-0.05, 0) is 96.6 Å². The van der Waals surface area contributed by atoms with Crippen molar-refractivity contribution in [2.45, 2.75) is 56.8 Å². The highest BCUT2D eigenvalue weighted by atomic mass is 79.9. The number of halogens is 2. The lowest BCUT2D eigenvalue weighted by Gasteiger charge is -2.42. The van der Waals surface area contributed by atoms with Crippen LogP contribution in [-0.2, 0) is 25.5 Å². The van der Waals surface area contributed by atoms with Crippen LogP contribution in [0, 0.1) is 0 Å². The summed E-state index contributed by atoms with van der Waals surface area (Å²) in [7, 11) is 3.56. The fourth-order valence-electron chi connectivity index (χ4n) is 4.78. The highest BCUT2D eigenvalue weighted by Crippen LogP contribution is 2.37. The van der Waals surface area contributed by atoms with Crippen molar-refractivity contribution in [3.63, 3.8) is 0 Å². The van der Waals surface area contributed by atoms with Gasteiger partial charge < -0.3 is 25.0 Å². The molecule has 3 N–H and O–H groups in total. The first-order chi connectivity index (χ1) is 18.6. The van der Waals surface area contributed by atoms with Crippen LogP contribution in [0.15, 0.2) is 45.9 Å². The number of carbonyl (C=O) groups is 1. The molecule has 0 amide bonds. The van der Waals surface area contributed by atoms with E-state index in [2.05, 4.69) is 71.1 Å². The molecule has 0 bridgehead atoms. The number of aromatic nitrogens is 2. The Morgan fingerprint density at radius 2 is 1.38 bits per heavy atom. The van der Waals surface area contributed by atoms with Crippen LogP contribution in [0.25, 0.3) is 0 Å². The first kappa shape index (κ1) is 33.9. The maximum Gasteiger partial charge on any atom is 0.155 e. The van der Waals surface area contributed by atoms with Gasteiger partial charge in [0.25, 0.3) is 0 Å². The Labute approximate surface area is 249 Å². The van der Waals surface area contributed by atoms with E-state index in [4.69, 9.17) is 14.6 Å². The minimum atomic E-state index is -0.333. The van der Waals surface area contributed by atoms with Crippen molar-refractivity contribution in [2.24, 2.45) is 0 Å². The SMILES string of the molecule is CC(=O)CO.COC1(c2ccc(Br)nc2)CCN(C(C)CO)CC1.COC1(c2ccc(Br)nc2)CCNCC1. The Morgan fingerprint density at radius 1 is 0.949 bits per heavy atom. The molecule has 2 aromatic heterocycles. The second kappa shape index (κ2) is 16.8. The van der Waals surface area contributed by atoms with Gasteiger partial charge in [-0.1, -0.05) is 12.1 Å². The zero-order valence-electron chi connectivity index (χ0n) is 23.3. The van der Waals surface area contributed by atoms with Crippen molar-refractivity contribution >= 4 is 37.6 Å². The van der Waals surface area contributed by atoms with Crippen molar-refractivity contribution in [3.05, 3.63) is 57.0 Å². The number of nitrogens with zero attached hydrogens (tertiary/aromatic N) is 3. The number of Topliss-reactive ketones (excluding diaryl/α,β-unsaturated/α-hetero) is 1. The predicted molar refractivity (Wildman–Crippen MR) is 158 cm³/mol. The Kier molecular flexibility index (Phi) is 14.6. The van der Waals surface area contributed by atoms with Gasteiger partial charge in [-0.2, -0.15) is 0 Å². The van der Waals surface area contributed by atoms with Crippen molar-refractivity contribution in [1.29, 1.82) is 0 Å². The van der Waals surface area contributed by atoms with Crippen LogP contribution in [0.2, 0.25) is 0 Å². The third kappa shape index (κ3) is 9.93. The highest BCUT2D eigenvalue weighted by molar-refractivity contribution is 9.10. The normalized spacial score (nSPS) is 19.1. The van der Waals surface area contributed by atoms with Crippen molar-refractivity contribution in [3.8, 4) is 0 Å². The largest absolute Gasteiger partial charge is 0.395 e. The summed E-state index contributed by atoms with van der Waals surface area (Å²) in [4.78, 5) is 20.4. The fourth-order valence-corrected chi connectivity index (χ4v) is 5.25. The van der Waals surface area contributed by atoms with Gasteiger partial charge in [0.05, 0.1) is 17.8 Å². The number of nitrogens with one attached hydrogen (secondary N) is 1. The summed E-state index contributed by atoms with van der Waals surface area (Å²) >= 11 is 6.70. The topological polar surface area (TPSA) is 117 Å². The maximum absolute atomic E-state index is 9.56. The number of ether oxygens (including phenoxy) is 2. The van der Waals surface area contributed by atoms with Gasteiger partial charge in [0, 0.05) is 56.9 Å². The van der Waals surface area contributed by atoms with Crippen LogP contribution in [0.3, 0.4) is 0 Å². The molecule has 0 saturated carbocycles. The molecule has 9 nitrogen and oxygen atoms in total. The molecule has 4 heterocycles. The van der Waals surface area contributed by atoms with Crippen molar-refractivity contribution in [1.82, 2.24) is 20.2 Å². The smallest absolute Gasteiger partial charge is 0.155 e. The van der Waals surface area contributed by atoms with E-state index in [9.17, 15) is 9.90 Å². The number of carbonyl (C=O) groups excluding carboxylic acids is 1. The summed E-state index contributed by atoms with van der Waals surface area (Å²) in [5.74, 6) is -0.190. The van der Waals surface area contributed by atoms with Crippen LogP contribution in [0.5, 0.6) is 0 Å². The van der Waals surface area contributed by atoms with Crippen LogP contribution >= 0.6 is 31.9 Å². The van der Waals surface area contributed by atoms with Crippen LogP contribution in [-0.4, -0.2) is 90.5 Å². The minimum absolute atomic E-state index is 0.140. The zero-order valence-corrected chi connectivity index (χ0v) is 26.5. The van der Waals surface area contributed by atoms with Gasteiger partial charge in [-0.15, -0.1) is 0 Å². The highest BCUT2D eigenvalue weighted by Gasteiger charge is 2.37. The first-order valence-corrected chi connectivity index (χ1v) is 14.7. The molecule has 218 valence electrons. The minimum Gasteiger partial charge on any atom is -0.395 e. The molecule has 0 radical (unpaired) electrons. The molecule has 2 saturated heterocycles. The number of ketones is 1. The van der Waals surface area contributed by atoms with E-state index in [1.807, 2.05) is 24.5 Å². The molecule has 2 aliphatic heterocycles. The first-order valence-electron chi connectivity index (χ1n) is 13.2. The monoisotopic (exact) mass is 672 g/mol. The van der Waals surface area contributed by atoms with Gasteiger partial charge >= 0.3 is 0 Å². The third-order valence-electron chi connectivity index (χ3n) is 7.42. The van der Waals surface area contributed by atoms with E-state index in [1.165, 1.54) is 12.5 Å². The number of piperidine rings is 2. The molecule has 0 aliphatic carbocycles. The summed E-state index contributed by atoms with van der Waals surface area (Å²) < 4.78 is 13.2. The van der Waals surface area contributed by atoms with Gasteiger partial charge in [-0.3, -0.25) is 9.69 Å². The number of likely N-dealkylation sites (tertiary alicyclic amines) is 1. The predicted octanol–water partition coefficient (Wildman–Crippen LogP) is 3.80. The Balaban J connectivity index is 0.000000238. The molecular formula is C28H42Br2N4O5. The molecule has 39 heavy (non-hydrogen) atoms. The lowest BCUT2D eigenvalue weighted by Crippen LogP contribution is -2.48. The van der Waals surface area contributed by atoms with E-state index in [-0.39, 0.29) is 36.2 Å². The molecule has 1 atom stereocenters. The number of methoxy groups -OCH3 is 2. The van der Waals surface area contributed by atoms with Crippen LogP contribution in [0.4, 0.5) is 0 Å². The van der Waals surface area contributed by atoms with E-state index in [0.717, 1.165) is 66.6 Å². The number of aliphatic hydroxyl groups excluding tert-OH is 2. The summed E-state index contributed by atoms with van der Waals surface area (Å²) in [6.45, 7) is 7.14. The summed E-state index contributed by atoms with van der Waals surface area (Å²) in [5, 5.41) is 20.4. The fraction of sp³-hybridized carbons (Fsp3) is 0.607. The third-order valence-corrected chi connectivity index (χ3v) is 8.35. The average Bonchev–Trinajstić information content (AvgIpc) is 2.98. The summed E-state index contributed by atoms with van der Waals surface area (Å²) in [6.07, 6.45) is 7.66. The van der Waals surface area contributed by atoms with Gasteiger partial charge in [0.2, 0.25) is 0 Å². The number of hydrogen-bond acceptors (Lipinski definition) is 9. The molecule has 11 heteroatoms. The Morgan fingerprint density at radius 3 is 1.72 bits per heavy atom. The number of pyridine rings is 2. The molecule has 4 rings (SSSR count). The number of aliphatic hydroxyl groups is 2. The molecule has 1 unspecified atom stereocenters. The van der Waals surface area contributed by atoms with E-state index in [0.29, 0.717) is 0 Å². The second-order valence-corrected chi connectivity index (χ2v) is 11.4. The van der Waals surface area contributed by atoms with Gasteiger partial charge in [-0.25, -0.2) is 9.97 Å². The van der Waals surface area contributed by atoms with Gasteiger partial charge in [0.1, 0.15) is 15.8 Å².